The molecule has 0 amide bonds. The molecule has 1 aromatic heterocycles. The third kappa shape index (κ3) is 3.34. The van der Waals surface area contributed by atoms with Gasteiger partial charge in [0.05, 0.1) is 11.5 Å². The fourth-order valence-electron chi connectivity index (χ4n) is 1.99. The molecule has 2 aromatic rings. The van der Waals surface area contributed by atoms with Crippen molar-refractivity contribution in [2.45, 2.75) is 25.9 Å². The Bertz CT molecular complexity index is 625. The van der Waals surface area contributed by atoms with Gasteiger partial charge in [0.25, 0.3) is 5.69 Å². The summed E-state index contributed by atoms with van der Waals surface area (Å²) in [5.41, 5.74) is 6.36. The molecule has 0 bridgehead atoms. The van der Waals surface area contributed by atoms with E-state index in [1.165, 1.54) is 6.07 Å². The van der Waals surface area contributed by atoms with E-state index in [0.29, 0.717) is 23.6 Å². The standard InChI is InChI=1S/C13H15ClN4O2/c1-9(15)6-13-16-4-5-17(13)8-10-2-3-11(14)7-12(10)18(19)20/h2-5,7,9H,6,8,15H2,1H3. The molecule has 1 atom stereocenters. The van der Waals surface area contributed by atoms with E-state index >= 15 is 0 Å². The molecule has 0 aliphatic heterocycles. The average Bonchev–Trinajstić information content (AvgIpc) is 2.78. The maximum absolute atomic E-state index is 11.1. The lowest BCUT2D eigenvalue weighted by Crippen LogP contribution is -2.20. The molecule has 20 heavy (non-hydrogen) atoms. The number of nitrogens with zero attached hydrogens (tertiary/aromatic N) is 3. The second kappa shape index (κ2) is 6.02. The summed E-state index contributed by atoms with van der Waals surface area (Å²) < 4.78 is 1.86. The van der Waals surface area contributed by atoms with Crippen molar-refractivity contribution < 1.29 is 4.92 Å². The highest BCUT2D eigenvalue weighted by molar-refractivity contribution is 6.30. The fraction of sp³-hybridized carbons (Fsp3) is 0.308. The number of imidazole rings is 1. The van der Waals surface area contributed by atoms with Crippen LogP contribution in [0.15, 0.2) is 30.6 Å². The Labute approximate surface area is 121 Å². The van der Waals surface area contributed by atoms with Gasteiger partial charge in [-0.2, -0.15) is 0 Å². The van der Waals surface area contributed by atoms with Crippen molar-refractivity contribution in [2.75, 3.05) is 0 Å². The van der Waals surface area contributed by atoms with E-state index in [2.05, 4.69) is 4.98 Å². The summed E-state index contributed by atoms with van der Waals surface area (Å²) in [5.74, 6) is 0.809. The first-order valence-electron chi connectivity index (χ1n) is 6.15. The zero-order valence-corrected chi connectivity index (χ0v) is 11.7. The molecular formula is C13H15ClN4O2. The lowest BCUT2D eigenvalue weighted by Gasteiger charge is -2.10. The van der Waals surface area contributed by atoms with Crippen LogP contribution in [0.3, 0.4) is 0 Å². The number of nitro groups is 1. The molecule has 0 spiro atoms. The molecule has 1 heterocycles. The van der Waals surface area contributed by atoms with Gasteiger partial charge in [0, 0.05) is 41.5 Å². The van der Waals surface area contributed by atoms with Crippen molar-refractivity contribution in [1.29, 1.82) is 0 Å². The fourth-order valence-corrected chi connectivity index (χ4v) is 2.15. The van der Waals surface area contributed by atoms with Crippen LogP contribution in [-0.2, 0) is 13.0 Å². The smallest absolute Gasteiger partial charge is 0.275 e. The normalized spacial score (nSPS) is 12.3. The Balaban J connectivity index is 2.31. The Morgan fingerprint density at radius 2 is 2.30 bits per heavy atom. The van der Waals surface area contributed by atoms with Crippen LogP contribution in [0, 0.1) is 10.1 Å². The highest BCUT2D eigenvalue weighted by Crippen LogP contribution is 2.24. The predicted molar refractivity (Wildman–Crippen MR) is 76.8 cm³/mol. The summed E-state index contributed by atoms with van der Waals surface area (Å²) in [4.78, 5) is 14.9. The molecule has 0 aliphatic rings. The van der Waals surface area contributed by atoms with Crippen LogP contribution in [0.5, 0.6) is 0 Å². The van der Waals surface area contributed by atoms with Crippen LogP contribution in [-0.4, -0.2) is 20.5 Å². The summed E-state index contributed by atoms with van der Waals surface area (Å²) in [6, 6.07) is 4.65. The SMILES string of the molecule is CC(N)Cc1nccn1Cc1ccc(Cl)cc1[N+](=O)[O-]. The van der Waals surface area contributed by atoms with Gasteiger partial charge in [0.15, 0.2) is 0 Å². The van der Waals surface area contributed by atoms with E-state index in [-0.39, 0.29) is 11.7 Å². The molecule has 2 N–H and O–H groups in total. The van der Waals surface area contributed by atoms with Crippen LogP contribution < -0.4 is 5.73 Å². The Hall–Kier alpha value is -1.92. The summed E-state index contributed by atoms with van der Waals surface area (Å²) in [5, 5.41) is 11.4. The van der Waals surface area contributed by atoms with E-state index < -0.39 is 4.92 Å². The second-order valence-corrected chi connectivity index (χ2v) is 5.12. The van der Waals surface area contributed by atoms with Crippen molar-refractivity contribution in [1.82, 2.24) is 9.55 Å². The van der Waals surface area contributed by atoms with Crippen LogP contribution in [0.25, 0.3) is 0 Å². The predicted octanol–water partition coefficient (Wildman–Crippen LogP) is 2.38. The summed E-state index contributed by atoms with van der Waals surface area (Å²) in [6.07, 6.45) is 4.07. The van der Waals surface area contributed by atoms with Gasteiger partial charge in [-0.15, -0.1) is 0 Å². The van der Waals surface area contributed by atoms with E-state index in [4.69, 9.17) is 17.3 Å². The molecule has 106 valence electrons. The van der Waals surface area contributed by atoms with Gasteiger partial charge in [0.1, 0.15) is 5.82 Å². The van der Waals surface area contributed by atoms with Crippen molar-refractivity contribution in [2.24, 2.45) is 5.73 Å². The van der Waals surface area contributed by atoms with Crippen molar-refractivity contribution >= 4 is 17.3 Å². The molecule has 1 aromatic carbocycles. The Morgan fingerprint density at radius 1 is 1.55 bits per heavy atom. The number of hydrogen-bond donors (Lipinski definition) is 1. The van der Waals surface area contributed by atoms with Crippen molar-refractivity contribution in [3.8, 4) is 0 Å². The van der Waals surface area contributed by atoms with Crippen molar-refractivity contribution in [3.63, 3.8) is 0 Å². The molecule has 1 unspecified atom stereocenters. The van der Waals surface area contributed by atoms with Gasteiger partial charge in [-0.25, -0.2) is 4.98 Å². The zero-order chi connectivity index (χ0) is 14.7. The highest BCUT2D eigenvalue weighted by atomic mass is 35.5. The van der Waals surface area contributed by atoms with Crippen LogP contribution in [0.2, 0.25) is 5.02 Å². The summed E-state index contributed by atoms with van der Waals surface area (Å²) in [6.45, 7) is 2.26. The average molecular weight is 295 g/mol. The van der Waals surface area contributed by atoms with Gasteiger partial charge in [-0.05, 0) is 19.1 Å². The summed E-state index contributed by atoms with van der Waals surface area (Å²) in [7, 11) is 0. The quantitative estimate of drug-likeness (QED) is 0.677. The zero-order valence-electron chi connectivity index (χ0n) is 11.0. The number of nitrogens with two attached hydrogens (primary N) is 1. The highest BCUT2D eigenvalue weighted by Gasteiger charge is 2.16. The third-order valence-corrected chi connectivity index (χ3v) is 3.13. The number of rotatable bonds is 5. The van der Waals surface area contributed by atoms with Gasteiger partial charge < -0.3 is 10.3 Å². The molecule has 0 radical (unpaired) electrons. The topological polar surface area (TPSA) is 87.0 Å². The van der Waals surface area contributed by atoms with E-state index in [1.54, 1.807) is 24.5 Å². The van der Waals surface area contributed by atoms with E-state index in [1.807, 2.05) is 11.5 Å². The maximum Gasteiger partial charge on any atom is 0.275 e. The number of benzene rings is 1. The third-order valence-electron chi connectivity index (χ3n) is 2.89. The molecule has 0 saturated carbocycles. The number of halogens is 1. The minimum absolute atomic E-state index is 0.0120. The molecule has 2 rings (SSSR count). The van der Waals surface area contributed by atoms with Gasteiger partial charge >= 0.3 is 0 Å². The minimum Gasteiger partial charge on any atom is -0.330 e. The number of hydrogen-bond acceptors (Lipinski definition) is 4. The Kier molecular flexibility index (Phi) is 4.36. The number of nitro benzene ring substituents is 1. The van der Waals surface area contributed by atoms with Gasteiger partial charge in [-0.1, -0.05) is 11.6 Å². The van der Waals surface area contributed by atoms with Gasteiger partial charge in [0.2, 0.25) is 0 Å². The van der Waals surface area contributed by atoms with Crippen LogP contribution >= 0.6 is 11.6 Å². The summed E-state index contributed by atoms with van der Waals surface area (Å²) >= 11 is 5.80. The lowest BCUT2D eigenvalue weighted by atomic mass is 10.1. The van der Waals surface area contributed by atoms with Crippen LogP contribution in [0.1, 0.15) is 18.3 Å². The molecule has 7 heteroatoms. The van der Waals surface area contributed by atoms with E-state index in [9.17, 15) is 10.1 Å². The molecule has 0 saturated heterocycles. The molecule has 6 nitrogen and oxygen atoms in total. The van der Waals surface area contributed by atoms with Crippen LogP contribution in [0.4, 0.5) is 5.69 Å². The molecule has 0 fully saturated rings. The van der Waals surface area contributed by atoms with Gasteiger partial charge in [-0.3, -0.25) is 10.1 Å². The first kappa shape index (κ1) is 14.5. The number of aromatic nitrogens is 2. The Morgan fingerprint density at radius 3 is 2.95 bits per heavy atom. The second-order valence-electron chi connectivity index (χ2n) is 4.68. The molecule has 0 aliphatic carbocycles. The maximum atomic E-state index is 11.1. The lowest BCUT2D eigenvalue weighted by molar-refractivity contribution is -0.385. The minimum atomic E-state index is -0.427. The first-order valence-corrected chi connectivity index (χ1v) is 6.53. The molecular weight excluding hydrogens is 280 g/mol. The largest absolute Gasteiger partial charge is 0.330 e. The first-order chi connectivity index (χ1) is 9.47. The van der Waals surface area contributed by atoms with E-state index in [0.717, 1.165) is 5.82 Å². The van der Waals surface area contributed by atoms with Crippen molar-refractivity contribution in [3.05, 3.63) is 57.1 Å². The monoisotopic (exact) mass is 294 g/mol.